The Morgan fingerprint density at radius 1 is 1.06 bits per heavy atom. The first-order chi connectivity index (χ1) is 15.4. The van der Waals surface area contributed by atoms with Crippen LogP contribution in [0, 0.1) is 11.6 Å². The molecule has 0 bridgehead atoms. The number of halogens is 2. The van der Waals surface area contributed by atoms with Gasteiger partial charge in [0, 0.05) is 24.3 Å². The second-order valence-corrected chi connectivity index (χ2v) is 8.48. The summed E-state index contributed by atoms with van der Waals surface area (Å²) in [5, 5.41) is 15.8. The van der Waals surface area contributed by atoms with Gasteiger partial charge in [0.2, 0.25) is 5.91 Å². The normalized spacial score (nSPS) is 14.9. The third kappa shape index (κ3) is 7.31. The first-order valence-electron chi connectivity index (χ1n) is 11.4. The number of benzene rings is 2. The zero-order valence-corrected chi connectivity index (χ0v) is 18.6. The van der Waals surface area contributed by atoms with Crippen molar-refractivity contribution in [3.63, 3.8) is 0 Å². The first-order valence-corrected chi connectivity index (χ1v) is 11.4. The molecule has 0 spiro atoms. The Labute approximate surface area is 189 Å². The Morgan fingerprint density at radius 2 is 1.84 bits per heavy atom. The molecule has 1 fully saturated rings. The summed E-state index contributed by atoms with van der Waals surface area (Å²) >= 11 is 0. The van der Waals surface area contributed by atoms with Crippen molar-refractivity contribution in [2.45, 2.75) is 51.3 Å². The van der Waals surface area contributed by atoms with Gasteiger partial charge < -0.3 is 20.5 Å². The molecule has 172 valence electrons. The fourth-order valence-electron chi connectivity index (χ4n) is 4.13. The molecule has 0 atom stereocenters. The molecule has 1 amide bonds. The van der Waals surface area contributed by atoms with Gasteiger partial charge in [-0.3, -0.25) is 4.79 Å². The van der Waals surface area contributed by atoms with Crippen molar-refractivity contribution in [3.8, 4) is 0 Å². The zero-order valence-electron chi connectivity index (χ0n) is 18.6. The van der Waals surface area contributed by atoms with Crippen LogP contribution in [-0.4, -0.2) is 42.4 Å². The lowest BCUT2D eigenvalue weighted by Crippen LogP contribution is -2.42. The van der Waals surface area contributed by atoms with E-state index in [4.69, 9.17) is 0 Å². The highest BCUT2D eigenvalue weighted by atomic mass is 19.2. The van der Waals surface area contributed by atoms with E-state index in [2.05, 4.69) is 27.6 Å². The summed E-state index contributed by atoms with van der Waals surface area (Å²) in [6, 6.07) is 11.8. The highest BCUT2D eigenvalue weighted by Crippen LogP contribution is 2.29. The summed E-state index contributed by atoms with van der Waals surface area (Å²) in [6.45, 7) is 4.20. The van der Waals surface area contributed by atoms with Crippen molar-refractivity contribution >= 4 is 24.3 Å². The third-order valence-corrected chi connectivity index (χ3v) is 6.03. The molecule has 1 aliphatic rings. The lowest BCUT2D eigenvalue weighted by molar-refractivity contribution is -0.116. The summed E-state index contributed by atoms with van der Waals surface area (Å²) < 4.78 is 26.1. The smallest absolute Gasteiger partial charge is 0.376 e. The topological polar surface area (TPSA) is 64.6 Å². The number of carbonyl (C=O) groups excluding carboxylic acids is 1. The summed E-state index contributed by atoms with van der Waals surface area (Å²) in [5.41, 5.74) is 2.61. The van der Waals surface area contributed by atoms with Gasteiger partial charge in [-0.25, -0.2) is 8.78 Å². The van der Waals surface area contributed by atoms with Crippen LogP contribution >= 0.6 is 0 Å². The van der Waals surface area contributed by atoms with Crippen LogP contribution in [0.25, 0.3) is 0 Å². The van der Waals surface area contributed by atoms with E-state index in [1.54, 1.807) is 6.82 Å². The van der Waals surface area contributed by atoms with Crippen LogP contribution in [0.1, 0.15) is 50.0 Å². The number of anilines is 2. The lowest BCUT2D eigenvalue weighted by Gasteiger charge is -2.32. The number of rotatable bonds is 10. The quantitative estimate of drug-likeness (QED) is 0.362. The molecule has 0 unspecified atom stereocenters. The average molecular weight is 443 g/mol. The maximum Gasteiger partial charge on any atom is 0.376 e. The van der Waals surface area contributed by atoms with Gasteiger partial charge in [0.05, 0.1) is 0 Å². The zero-order chi connectivity index (χ0) is 22.9. The molecule has 3 N–H and O–H groups in total. The summed E-state index contributed by atoms with van der Waals surface area (Å²) in [6.07, 6.45) is 4.92. The number of hydrogen-bond donors (Lipinski definition) is 3. The van der Waals surface area contributed by atoms with Crippen molar-refractivity contribution < 1.29 is 18.6 Å². The van der Waals surface area contributed by atoms with Crippen LogP contribution in [0.2, 0.25) is 6.82 Å². The summed E-state index contributed by atoms with van der Waals surface area (Å²) in [5.74, 6) is -1.27. The van der Waals surface area contributed by atoms with Crippen molar-refractivity contribution in [2.75, 3.05) is 30.3 Å². The summed E-state index contributed by atoms with van der Waals surface area (Å²) in [7, 11) is -0.400. The van der Waals surface area contributed by atoms with Gasteiger partial charge in [-0.05, 0) is 87.4 Å². The maximum atomic E-state index is 13.2. The molecule has 5 nitrogen and oxygen atoms in total. The number of amides is 1. The fraction of sp³-hybridized carbons (Fsp3) is 0.458. The third-order valence-electron chi connectivity index (χ3n) is 6.03. The van der Waals surface area contributed by atoms with Crippen molar-refractivity contribution in [3.05, 3.63) is 59.7 Å². The average Bonchev–Trinajstić information content (AvgIpc) is 2.78. The molecule has 32 heavy (non-hydrogen) atoms. The Morgan fingerprint density at radius 3 is 2.56 bits per heavy atom. The summed E-state index contributed by atoms with van der Waals surface area (Å²) in [4.78, 5) is 14.4. The molecular formula is C24H32BF2N3O2. The number of piperidine rings is 1. The number of nitrogens with one attached hydrogen (secondary N) is 2. The first kappa shape index (κ1) is 24.2. The van der Waals surface area contributed by atoms with E-state index in [1.807, 2.05) is 12.1 Å². The molecule has 1 aliphatic heterocycles. The largest absolute Gasteiger partial charge is 0.437 e. The molecule has 3 rings (SSSR count). The monoisotopic (exact) mass is 443 g/mol. The minimum Gasteiger partial charge on any atom is -0.437 e. The van der Waals surface area contributed by atoms with Crippen molar-refractivity contribution in [2.24, 2.45) is 0 Å². The van der Waals surface area contributed by atoms with E-state index in [1.165, 1.54) is 11.6 Å². The predicted molar refractivity (Wildman–Crippen MR) is 126 cm³/mol. The lowest BCUT2D eigenvalue weighted by atomic mass is 9.79. The maximum absolute atomic E-state index is 13.2. The number of carbonyl (C=O) groups is 1. The minimum absolute atomic E-state index is 0.000334. The van der Waals surface area contributed by atoms with E-state index in [-0.39, 0.29) is 5.91 Å². The Balaban J connectivity index is 1.34. The van der Waals surface area contributed by atoms with Crippen LogP contribution in [0.5, 0.6) is 0 Å². The number of hydrogen-bond acceptors (Lipinski definition) is 4. The highest BCUT2D eigenvalue weighted by molar-refractivity contribution is 6.45. The molecule has 1 saturated heterocycles. The van der Waals surface area contributed by atoms with Crippen LogP contribution in [0.15, 0.2) is 42.5 Å². The number of unbranched alkanes of at least 4 members (excludes halogenated alkanes) is 2. The van der Waals surface area contributed by atoms with Crippen LogP contribution in [0.4, 0.5) is 20.2 Å². The molecule has 0 radical (unpaired) electrons. The molecule has 0 saturated carbocycles. The van der Waals surface area contributed by atoms with Gasteiger partial charge in [0.25, 0.3) is 0 Å². The Kier molecular flexibility index (Phi) is 9.05. The number of nitrogens with zero attached hydrogens (tertiary/aromatic N) is 1. The SMILES string of the molecule is CB(O)N1CCC(c2cccc(NC(=O)CCCCCNc3ccc(F)c(F)c3)c2)CC1. The van der Waals surface area contributed by atoms with Crippen molar-refractivity contribution in [1.82, 2.24) is 4.81 Å². The van der Waals surface area contributed by atoms with Crippen LogP contribution in [0.3, 0.4) is 0 Å². The molecular weight excluding hydrogens is 411 g/mol. The Hall–Kier alpha value is -2.45. The molecule has 0 aliphatic carbocycles. The van der Waals surface area contributed by atoms with E-state index < -0.39 is 18.7 Å². The van der Waals surface area contributed by atoms with Gasteiger partial charge in [0.15, 0.2) is 11.6 Å². The molecule has 2 aromatic rings. The molecule has 2 aromatic carbocycles. The minimum atomic E-state index is -0.860. The Bertz CT molecular complexity index is 889. The van der Waals surface area contributed by atoms with Gasteiger partial charge >= 0.3 is 7.05 Å². The molecule has 0 aromatic heterocycles. The van der Waals surface area contributed by atoms with Crippen molar-refractivity contribution in [1.29, 1.82) is 0 Å². The van der Waals surface area contributed by atoms with E-state index in [0.717, 1.165) is 63.0 Å². The fourth-order valence-corrected chi connectivity index (χ4v) is 4.13. The van der Waals surface area contributed by atoms with E-state index in [0.29, 0.717) is 24.6 Å². The van der Waals surface area contributed by atoms with Gasteiger partial charge in [-0.15, -0.1) is 0 Å². The van der Waals surface area contributed by atoms with Gasteiger partial charge in [-0.2, -0.15) is 0 Å². The molecule has 1 heterocycles. The molecule has 8 heteroatoms. The van der Waals surface area contributed by atoms with Crippen LogP contribution < -0.4 is 10.6 Å². The van der Waals surface area contributed by atoms with Gasteiger partial charge in [0.1, 0.15) is 0 Å². The van der Waals surface area contributed by atoms with E-state index >= 15 is 0 Å². The van der Waals surface area contributed by atoms with Gasteiger partial charge in [-0.1, -0.05) is 18.6 Å². The predicted octanol–water partition coefficient (Wildman–Crippen LogP) is 4.87. The highest BCUT2D eigenvalue weighted by Gasteiger charge is 2.24. The second kappa shape index (κ2) is 12.0. The van der Waals surface area contributed by atoms with Crippen LogP contribution in [-0.2, 0) is 4.79 Å². The standard InChI is InChI=1S/C24H32BF2N3O2/c1-25(32)30-14-11-18(12-15-30)19-6-5-7-21(16-19)29-24(31)8-3-2-4-13-28-20-9-10-22(26)23(27)17-20/h5-7,9-10,16-18,28,32H,2-4,8,11-15H2,1H3,(H,29,31). The van der Waals surface area contributed by atoms with E-state index in [9.17, 15) is 18.6 Å². The second-order valence-electron chi connectivity index (χ2n) is 8.48.